The first-order valence-corrected chi connectivity index (χ1v) is 8.44. The minimum absolute atomic E-state index is 0.829. The third-order valence-electron chi connectivity index (χ3n) is 4.16. The molecule has 1 nitrogen and oxygen atoms in total. The van der Waals surface area contributed by atoms with E-state index in [9.17, 15) is 5.26 Å². The Labute approximate surface area is 134 Å². The van der Waals surface area contributed by atoms with E-state index in [2.05, 4.69) is 43.3 Å². The molecule has 0 saturated carbocycles. The van der Waals surface area contributed by atoms with Crippen LogP contribution in [0.2, 0.25) is 0 Å². The van der Waals surface area contributed by atoms with Crippen molar-refractivity contribution in [3.8, 4) is 17.2 Å². The molecule has 0 heterocycles. The summed E-state index contributed by atoms with van der Waals surface area (Å²) in [6.45, 7) is 2.25. The van der Waals surface area contributed by atoms with E-state index >= 15 is 0 Å². The molecule has 0 fully saturated rings. The predicted octanol–water partition coefficient (Wildman–Crippen LogP) is 6.13. The Balaban J connectivity index is 2.10. The monoisotopic (exact) mass is 291 g/mol. The van der Waals surface area contributed by atoms with Crippen LogP contribution < -0.4 is 0 Å². The van der Waals surface area contributed by atoms with E-state index in [1.807, 2.05) is 18.2 Å². The predicted molar refractivity (Wildman–Crippen MR) is 93.7 cm³/mol. The van der Waals surface area contributed by atoms with Crippen LogP contribution in [-0.2, 0) is 6.42 Å². The van der Waals surface area contributed by atoms with Gasteiger partial charge in [-0.05, 0) is 35.6 Å². The highest BCUT2D eigenvalue weighted by molar-refractivity contribution is 5.70. The fraction of sp³-hybridized carbons (Fsp3) is 0.381. The second-order valence-corrected chi connectivity index (χ2v) is 5.83. The quantitative estimate of drug-likeness (QED) is 0.537. The summed E-state index contributed by atoms with van der Waals surface area (Å²) in [6.07, 6.45) is 8.70. The summed E-state index contributed by atoms with van der Waals surface area (Å²) in [4.78, 5) is 0. The van der Waals surface area contributed by atoms with Crippen LogP contribution >= 0.6 is 0 Å². The minimum atomic E-state index is 0.829. The summed E-state index contributed by atoms with van der Waals surface area (Å²) in [6, 6.07) is 18.8. The molecule has 114 valence electrons. The Morgan fingerprint density at radius 2 is 1.55 bits per heavy atom. The lowest BCUT2D eigenvalue weighted by Gasteiger charge is -2.12. The molecule has 0 aliphatic carbocycles. The van der Waals surface area contributed by atoms with E-state index in [1.165, 1.54) is 55.2 Å². The second kappa shape index (κ2) is 9.05. The van der Waals surface area contributed by atoms with Gasteiger partial charge in [-0.1, -0.05) is 81.5 Å². The lowest BCUT2D eigenvalue weighted by molar-refractivity contribution is 0.607. The molecule has 0 aliphatic heterocycles. The van der Waals surface area contributed by atoms with Crippen LogP contribution in [0, 0.1) is 11.3 Å². The molecule has 0 aromatic heterocycles. The van der Waals surface area contributed by atoms with Crippen molar-refractivity contribution in [1.29, 1.82) is 5.26 Å². The molecule has 1 heteroatoms. The molecule has 0 bridgehead atoms. The first-order valence-electron chi connectivity index (χ1n) is 8.44. The molecular formula is C21H25N. The normalized spacial score (nSPS) is 10.4. The Bertz CT molecular complexity index is 608. The Hall–Kier alpha value is -2.07. The maximum absolute atomic E-state index is 9.41. The summed E-state index contributed by atoms with van der Waals surface area (Å²) in [5.74, 6) is 0. The van der Waals surface area contributed by atoms with Crippen molar-refractivity contribution in [3.05, 3.63) is 59.7 Å². The zero-order valence-corrected chi connectivity index (χ0v) is 13.5. The van der Waals surface area contributed by atoms with E-state index in [-0.39, 0.29) is 0 Å². The highest BCUT2D eigenvalue weighted by Gasteiger charge is 2.09. The first-order chi connectivity index (χ1) is 10.9. The van der Waals surface area contributed by atoms with Crippen LogP contribution in [0.3, 0.4) is 0 Å². The van der Waals surface area contributed by atoms with Crippen molar-refractivity contribution in [2.24, 2.45) is 0 Å². The standard InChI is InChI=1S/C21H25N/c1-2-3-4-5-6-10-15-21-19(17-22)14-11-16-20(21)18-12-8-7-9-13-18/h7-9,11-14,16H,2-6,10,15H2,1H3. The topological polar surface area (TPSA) is 23.8 Å². The summed E-state index contributed by atoms with van der Waals surface area (Å²) >= 11 is 0. The van der Waals surface area contributed by atoms with Crippen molar-refractivity contribution in [3.63, 3.8) is 0 Å². The molecule has 0 unspecified atom stereocenters. The van der Waals surface area contributed by atoms with Crippen molar-refractivity contribution in [2.45, 2.75) is 51.9 Å². The minimum Gasteiger partial charge on any atom is -0.192 e. The van der Waals surface area contributed by atoms with Crippen molar-refractivity contribution in [1.82, 2.24) is 0 Å². The SMILES string of the molecule is CCCCCCCCc1c(C#N)cccc1-c1ccccc1. The van der Waals surface area contributed by atoms with Crippen LogP contribution in [0.15, 0.2) is 48.5 Å². The number of unbranched alkanes of at least 4 members (excludes halogenated alkanes) is 5. The second-order valence-electron chi connectivity index (χ2n) is 5.83. The van der Waals surface area contributed by atoms with E-state index < -0.39 is 0 Å². The lowest BCUT2D eigenvalue weighted by Crippen LogP contribution is -1.95. The molecule has 0 atom stereocenters. The molecule has 2 aromatic rings. The van der Waals surface area contributed by atoms with Gasteiger partial charge in [0.05, 0.1) is 11.6 Å². The van der Waals surface area contributed by atoms with Gasteiger partial charge in [-0.3, -0.25) is 0 Å². The summed E-state index contributed by atoms with van der Waals surface area (Å²) in [5, 5.41) is 9.41. The fourth-order valence-electron chi connectivity index (χ4n) is 2.93. The molecule has 0 aliphatic rings. The number of hydrogen-bond donors (Lipinski definition) is 0. The molecule has 2 aromatic carbocycles. The Morgan fingerprint density at radius 1 is 0.818 bits per heavy atom. The van der Waals surface area contributed by atoms with Gasteiger partial charge < -0.3 is 0 Å². The molecule has 0 spiro atoms. The van der Waals surface area contributed by atoms with Crippen molar-refractivity contribution in [2.75, 3.05) is 0 Å². The van der Waals surface area contributed by atoms with E-state index in [1.54, 1.807) is 0 Å². The smallest absolute Gasteiger partial charge is 0.0994 e. The lowest BCUT2D eigenvalue weighted by atomic mass is 9.92. The fourth-order valence-corrected chi connectivity index (χ4v) is 2.93. The van der Waals surface area contributed by atoms with Gasteiger partial charge in [-0.15, -0.1) is 0 Å². The molecule has 0 N–H and O–H groups in total. The number of benzene rings is 2. The largest absolute Gasteiger partial charge is 0.192 e. The zero-order valence-electron chi connectivity index (χ0n) is 13.5. The zero-order chi connectivity index (χ0) is 15.6. The Morgan fingerprint density at radius 3 is 2.27 bits per heavy atom. The van der Waals surface area contributed by atoms with Gasteiger partial charge in [-0.2, -0.15) is 5.26 Å². The number of nitriles is 1. The average Bonchev–Trinajstić information content (AvgIpc) is 2.58. The third-order valence-corrected chi connectivity index (χ3v) is 4.16. The van der Waals surface area contributed by atoms with Gasteiger partial charge in [0.1, 0.15) is 0 Å². The van der Waals surface area contributed by atoms with Crippen LogP contribution in [0.1, 0.15) is 56.6 Å². The van der Waals surface area contributed by atoms with Gasteiger partial charge in [-0.25, -0.2) is 0 Å². The van der Waals surface area contributed by atoms with Gasteiger partial charge >= 0.3 is 0 Å². The maximum Gasteiger partial charge on any atom is 0.0994 e. The maximum atomic E-state index is 9.41. The molecule has 0 radical (unpaired) electrons. The molecule has 0 amide bonds. The van der Waals surface area contributed by atoms with Crippen LogP contribution in [0.25, 0.3) is 11.1 Å². The van der Waals surface area contributed by atoms with Crippen LogP contribution in [-0.4, -0.2) is 0 Å². The molecular weight excluding hydrogens is 266 g/mol. The van der Waals surface area contributed by atoms with Crippen LogP contribution in [0.4, 0.5) is 0 Å². The molecule has 2 rings (SSSR count). The first kappa shape index (κ1) is 16.3. The van der Waals surface area contributed by atoms with Gasteiger partial charge in [0.2, 0.25) is 0 Å². The van der Waals surface area contributed by atoms with E-state index in [0.717, 1.165) is 12.0 Å². The summed E-state index contributed by atoms with van der Waals surface area (Å²) in [7, 11) is 0. The summed E-state index contributed by atoms with van der Waals surface area (Å²) < 4.78 is 0. The molecule has 22 heavy (non-hydrogen) atoms. The Kier molecular flexibility index (Phi) is 6.71. The van der Waals surface area contributed by atoms with Gasteiger partial charge in [0, 0.05) is 0 Å². The average molecular weight is 291 g/mol. The van der Waals surface area contributed by atoms with E-state index in [4.69, 9.17) is 0 Å². The van der Waals surface area contributed by atoms with Crippen molar-refractivity contribution < 1.29 is 0 Å². The number of hydrogen-bond acceptors (Lipinski definition) is 1. The van der Waals surface area contributed by atoms with E-state index in [0.29, 0.717) is 0 Å². The summed E-state index contributed by atoms with van der Waals surface area (Å²) in [5.41, 5.74) is 4.47. The highest BCUT2D eigenvalue weighted by Crippen LogP contribution is 2.27. The molecule has 0 saturated heterocycles. The third kappa shape index (κ3) is 4.46. The number of nitrogens with zero attached hydrogens (tertiary/aromatic N) is 1. The van der Waals surface area contributed by atoms with Crippen LogP contribution in [0.5, 0.6) is 0 Å². The van der Waals surface area contributed by atoms with Crippen molar-refractivity contribution >= 4 is 0 Å². The highest BCUT2D eigenvalue weighted by atomic mass is 14.3. The van der Waals surface area contributed by atoms with Gasteiger partial charge in [0.25, 0.3) is 0 Å². The van der Waals surface area contributed by atoms with Gasteiger partial charge in [0.15, 0.2) is 0 Å². The number of rotatable bonds is 8.